The summed E-state index contributed by atoms with van der Waals surface area (Å²) in [6.07, 6.45) is 6.52. The molecule has 6 rings (SSSR count). The second-order valence-corrected chi connectivity index (χ2v) is 8.73. The number of aromatic amines is 1. The first-order valence-corrected chi connectivity index (χ1v) is 11.2. The number of aromatic nitrogens is 5. The highest BCUT2D eigenvalue weighted by Gasteiger charge is 2.21. The molecule has 1 atom stereocenters. The number of hydrogen-bond donors (Lipinski definition) is 2. The Hall–Kier alpha value is -3.58. The molecule has 7 nitrogen and oxygen atoms in total. The van der Waals surface area contributed by atoms with Crippen LogP contribution >= 0.6 is 0 Å². The van der Waals surface area contributed by atoms with Crippen LogP contribution in [0.15, 0.2) is 65.7 Å². The van der Waals surface area contributed by atoms with E-state index < -0.39 is 0 Å². The van der Waals surface area contributed by atoms with E-state index in [0.717, 1.165) is 59.1 Å². The first-order chi connectivity index (χ1) is 15.7. The van der Waals surface area contributed by atoms with E-state index in [1.165, 1.54) is 6.42 Å². The van der Waals surface area contributed by atoms with Gasteiger partial charge in [-0.05, 0) is 44.0 Å². The summed E-state index contributed by atoms with van der Waals surface area (Å²) in [6, 6.07) is 16.5. The van der Waals surface area contributed by atoms with E-state index in [0.29, 0.717) is 11.7 Å². The van der Waals surface area contributed by atoms with Gasteiger partial charge in [0.1, 0.15) is 0 Å². The average Bonchev–Trinajstić information content (AvgIpc) is 3.59. The molecule has 1 fully saturated rings. The third kappa shape index (κ3) is 3.00. The van der Waals surface area contributed by atoms with Crippen molar-refractivity contribution in [1.29, 1.82) is 0 Å². The molecule has 162 valence electrons. The predicted octanol–water partition coefficient (Wildman–Crippen LogP) is 3.67. The van der Waals surface area contributed by atoms with E-state index in [-0.39, 0.29) is 5.69 Å². The van der Waals surface area contributed by atoms with Crippen molar-refractivity contribution < 1.29 is 0 Å². The van der Waals surface area contributed by atoms with Crippen LogP contribution in [0.25, 0.3) is 38.9 Å². The molecule has 0 spiro atoms. The number of hydrogen-bond acceptors (Lipinski definition) is 3. The summed E-state index contributed by atoms with van der Waals surface area (Å²) in [5.74, 6) is 1.34. The van der Waals surface area contributed by atoms with Crippen molar-refractivity contribution in [1.82, 2.24) is 29.2 Å². The van der Waals surface area contributed by atoms with E-state index in [9.17, 15) is 4.79 Å². The predicted molar refractivity (Wildman–Crippen MR) is 127 cm³/mol. The molecule has 0 radical (unpaired) electrons. The Labute approximate surface area is 185 Å². The normalized spacial score (nSPS) is 16.5. The van der Waals surface area contributed by atoms with Crippen LogP contribution in [-0.4, -0.2) is 37.0 Å². The fourth-order valence-electron chi connectivity index (χ4n) is 5.09. The minimum Gasteiger partial charge on any atom is -0.350 e. The first kappa shape index (κ1) is 19.1. The van der Waals surface area contributed by atoms with Gasteiger partial charge in [0.15, 0.2) is 5.82 Å². The zero-order valence-corrected chi connectivity index (χ0v) is 18.1. The van der Waals surface area contributed by atoms with Crippen molar-refractivity contribution in [3.05, 3.63) is 71.4 Å². The van der Waals surface area contributed by atoms with E-state index >= 15 is 0 Å². The van der Waals surface area contributed by atoms with Gasteiger partial charge in [-0.25, -0.2) is 14.5 Å². The van der Waals surface area contributed by atoms with Gasteiger partial charge >= 0.3 is 5.69 Å². The molecule has 1 saturated heterocycles. The Morgan fingerprint density at radius 2 is 1.81 bits per heavy atom. The zero-order chi connectivity index (χ0) is 21.7. The molecular weight excluding hydrogens is 400 g/mol. The van der Waals surface area contributed by atoms with E-state index in [1.807, 2.05) is 31.4 Å². The molecule has 1 aliphatic heterocycles. The lowest BCUT2D eigenvalue weighted by Gasteiger charge is -2.09. The number of nitrogens with one attached hydrogen (secondary N) is 2. The maximum absolute atomic E-state index is 13.0. The van der Waals surface area contributed by atoms with Crippen LogP contribution in [-0.2, 0) is 13.6 Å². The second-order valence-electron chi connectivity index (χ2n) is 8.73. The number of nitrogens with zero attached hydrogens (tertiary/aromatic N) is 4. The minimum atomic E-state index is -0.226. The lowest BCUT2D eigenvalue weighted by molar-refractivity contribution is 0.486. The van der Waals surface area contributed by atoms with Crippen LogP contribution < -0.4 is 11.0 Å². The Morgan fingerprint density at radius 3 is 2.62 bits per heavy atom. The molecule has 4 heterocycles. The molecule has 0 bridgehead atoms. The Kier molecular flexibility index (Phi) is 4.50. The van der Waals surface area contributed by atoms with Crippen molar-refractivity contribution in [2.45, 2.75) is 19.4 Å². The number of benzene rings is 2. The summed E-state index contributed by atoms with van der Waals surface area (Å²) >= 11 is 0. The standard InChI is InChI=1S/C25H26N6O/c1-29-15-20(18-6-2-4-8-21(18)29)24-27-28-25(32)31(24)23-16-30(13-11-17-10-12-26-14-17)22-9-5-3-7-19(22)23/h2-9,15-17,26H,10-14H2,1H3,(H,28,32). The maximum atomic E-state index is 13.0. The smallest absolute Gasteiger partial charge is 0.348 e. The molecule has 1 unspecified atom stereocenters. The zero-order valence-electron chi connectivity index (χ0n) is 18.1. The SMILES string of the molecule is Cn1cc(-c2n[nH]c(=O)n2-c2cn(CCC3CCNC3)c3ccccc23)c2ccccc21. The first-order valence-electron chi connectivity index (χ1n) is 11.2. The Balaban J connectivity index is 1.50. The van der Waals surface area contributed by atoms with Gasteiger partial charge < -0.3 is 14.5 Å². The van der Waals surface area contributed by atoms with Gasteiger partial charge in [0, 0.05) is 47.8 Å². The summed E-state index contributed by atoms with van der Waals surface area (Å²) in [4.78, 5) is 13.0. The van der Waals surface area contributed by atoms with Crippen LogP contribution in [0.5, 0.6) is 0 Å². The summed E-state index contributed by atoms with van der Waals surface area (Å²) in [5.41, 5.74) is 3.83. The van der Waals surface area contributed by atoms with Crippen molar-refractivity contribution >= 4 is 21.8 Å². The van der Waals surface area contributed by atoms with Crippen molar-refractivity contribution in [3.63, 3.8) is 0 Å². The van der Waals surface area contributed by atoms with Crippen LogP contribution in [0.3, 0.4) is 0 Å². The van der Waals surface area contributed by atoms with E-state index in [1.54, 1.807) is 4.57 Å². The number of H-pyrrole nitrogens is 1. The molecule has 2 N–H and O–H groups in total. The third-order valence-electron chi connectivity index (χ3n) is 6.76. The number of aryl methyl sites for hydroxylation is 2. The number of para-hydroxylation sites is 2. The van der Waals surface area contributed by atoms with Crippen molar-refractivity contribution in [2.24, 2.45) is 13.0 Å². The topological polar surface area (TPSA) is 72.6 Å². The van der Waals surface area contributed by atoms with Crippen molar-refractivity contribution in [3.8, 4) is 17.1 Å². The second kappa shape index (κ2) is 7.53. The molecule has 0 aliphatic carbocycles. The van der Waals surface area contributed by atoms with Gasteiger partial charge in [-0.1, -0.05) is 36.4 Å². The molecule has 7 heteroatoms. The van der Waals surface area contributed by atoms with Gasteiger partial charge in [0.05, 0.1) is 11.2 Å². The van der Waals surface area contributed by atoms with Crippen LogP contribution in [0, 0.1) is 5.92 Å². The molecule has 2 aromatic carbocycles. The third-order valence-corrected chi connectivity index (χ3v) is 6.76. The van der Waals surface area contributed by atoms with Gasteiger partial charge in [-0.3, -0.25) is 0 Å². The lowest BCUT2D eigenvalue weighted by Crippen LogP contribution is -2.15. The molecule has 1 aliphatic rings. The molecule has 5 aromatic rings. The van der Waals surface area contributed by atoms with Gasteiger partial charge in [-0.2, -0.15) is 5.10 Å². The van der Waals surface area contributed by atoms with Gasteiger partial charge in [0.25, 0.3) is 0 Å². The fourth-order valence-corrected chi connectivity index (χ4v) is 5.09. The maximum Gasteiger partial charge on any atom is 0.348 e. The fraction of sp³-hybridized carbons (Fsp3) is 0.280. The molecular formula is C25H26N6O. The molecule has 3 aromatic heterocycles. The molecule has 0 saturated carbocycles. The Bertz CT molecular complexity index is 1480. The number of rotatable bonds is 5. The summed E-state index contributed by atoms with van der Waals surface area (Å²) < 4.78 is 6.08. The monoisotopic (exact) mass is 426 g/mol. The number of fused-ring (bicyclic) bond motifs is 2. The van der Waals surface area contributed by atoms with Crippen LogP contribution in [0.4, 0.5) is 0 Å². The molecule has 32 heavy (non-hydrogen) atoms. The minimum absolute atomic E-state index is 0.226. The summed E-state index contributed by atoms with van der Waals surface area (Å²) in [7, 11) is 2.02. The largest absolute Gasteiger partial charge is 0.350 e. The average molecular weight is 427 g/mol. The van der Waals surface area contributed by atoms with E-state index in [2.05, 4.69) is 61.2 Å². The van der Waals surface area contributed by atoms with Gasteiger partial charge in [0.2, 0.25) is 0 Å². The molecule has 0 amide bonds. The lowest BCUT2D eigenvalue weighted by atomic mass is 10.1. The Morgan fingerprint density at radius 1 is 1.03 bits per heavy atom. The summed E-state index contributed by atoms with van der Waals surface area (Å²) in [6.45, 7) is 3.14. The quantitative estimate of drug-likeness (QED) is 0.450. The van der Waals surface area contributed by atoms with Crippen LogP contribution in [0.1, 0.15) is 12.8 Å². The highest BCUT2D eigenvalue weighted by molar-refractivity contribution is 5.96. The highest BCUT2D eigenvalue weighted by Crippen LogP contribution is 2.32. The highest BCUT2D eigenvalue weighted by atomic mass is 16.1. The van der Waals surface area contributed by atoms with E-state index in [4.69, 9.17) is 0 Å². The van der Waals surface area contributed by atoms with Crippen molar-refractivity contribution in [2.75, 3.05) is 13.1 Å². The van der Waals surface area contributed by atoms with Gasteiger partial charge in [-0.15, -0.1) is 0 Å². The summed E-state index contributed by atoms with van der Waals surface area (Å²) in [5, 5.41) is 12.7. The van der Waals surface area contributed by atoms with Crippen LogP contribution in [0.2, 0.25) is 0 Å².